The Kier molecular flexibility index (Phi) is 4.04. The Morgan fingerprint density at radius 1 is 0.739 bits per heavy atom. The molecule has 23 heavy (non-hydrogen) atoms. The highest BCUT2D eigenvalue weighted by Gasteiger charge is 2.18. The van der Waals surface area contributed by atoms with Crippen LogP contribution >= 0.6 is 0 Å². The van der Waals surface area contributed by atoms with Gasteiger partial charge < -0.3 is 10.5 Å². The summed E-state index contributed by atoms with van der Waals surface area (Å²) < 4.78 is 30.8. The summed E-state index contributed by atoms with van der Waals surface area (Å²) in [6, 6.07) is 21.9. The summed E-state index contributed by atoms with van der Waals surface area (Å²) in [4.78, 5) is 0.373. The lowest BCUT2D eigenvalue weighted by Crippen LogP contribution is -2.03. The fourth-order valence-corrected chi connectivity index (χ4v) is 3.45. The van der Waals surface area contributed by atoms with Gasteiger partial charge >= 0.3 is 0 Å². The Hall–Kier alpha value is -2.79. The highest BCUT2D eigenvalue weighted by molar-refractivity contribution is 7.91. The summed E-state index contributed by atoms with van der Waals surface area (Å²) in [6.07, 6.45) is 0. The van der Waals surface area contributed by atoms with Gasteiger partial charge in [-0.1, -0.05) is 36.4 Å². The van der Waals surface area contributed by atoms with E-state index in [1.807, 2.05) is 18.2 Å². The van der Waals surface area contributed by atoms with Crippen LogP contribution in [0.15, 0.2) is 88.7 Å². The lowest BCUT2D eigenvalue weighted by Gasteiger charge is -2.10. The number of para-hydroxylation sites is 1. The van der Waals surface area contributed by atoms with Crippen LogP contribution in [-0.4, -0.2) is 8.42 Å². The zero-order valence-electron chi connectivity index (χ0n) is 12.2. The largest absolute Gasteiger partial charge is 0.455 e. The Labute approximate surface area is 135 Å². The van der Waals surface area contributed by atoms with Gasteiger partial charge in [0.2, 0.25) is 9.84 Å². The van der Waals surface area contributed by atoms with Crippen molar-refractivity contribution >= 4 is 15.5 Å². The lowest BCUT2D eigenvalue weighted by atomic mass is 10.3. The fourth-order valence-electron chi connectivity index (χ4n) is 2.14. The van der Waals surface area contributed by atoms with Gasteiger partial charge in [-0.2, -0.15) is 0 Å². The first-order valence-corrected chi connectivity index (χ1v) is 8.48. The molecule has 0 aliphatic carbocycles. The van der Waals surface area contributed by atoms with E-state index in [4.69, 9.17) is 10.5 Å². The van der Waals surface area contributed by atoms with Crippen LogP contribution in [0.25, 0.3) is 0 Å². The predicted octanol–water partition coefficient (Wildman–Crippen LogP) is 3.89. The van der Waals surface area contributed by atoms with Crippen LogP contribution in [0.2, 0.25) is 0 Å². The molecular formula is C18H15NO3S. The van der Waals surface area contributed by atoms with E-state index in [-0.39, 0.29) is 15.5 Å². The van der Waals surface area contributed by atoms with Crippen molar-refractivity contribution in [1.29, 1.82) is 0 Å². The smallest absolute Gasteiger partial charge is 0.206 e. The average Bonchev–Trinajstić information content (AvgIpc) is 2.58. The molecule has 0 heterocycles. The molecule has 0 aliphatic heterocycles. The number of hydrogen-bond donors (Lipinski definition) is 1. The molecular weight excluding hydrogens is 310 g/mol. The third-order valence-corrected chi connectivity index (χ3v) is 5.08. The first-order valence-electron chi connectivity index (χ1n) is 7.00. The quantitative estimate of drug-likeness (QED) is 0.739. The number of hydrogen-bond acceptors (Lipinski definition) is 4. The molecule has 0 saturated heterocycles. The molecule has 0 aliphatic rings. The monoisotopic (exact) mass is 325 g/mol. The van der Waals surface area contributed by atoms with Crippen LogP contribution in [0.3, 0.4) is 0 Å². The van der Waals surface area contributed by atoms with E-state index in [1.165, 1.54) is 12.1 Å². The van der Waals surface area contributed by atoms with E-state index in [0.717, 1.165) is 0 Å². The molecule has 3 aromatic rings. The van der Waals surface area contributed by atoms with Gasteiger partial charge in [-0.25, -0.2) is 8.42 Å². The first kappa shape index (κ1) is 15.1. The zero-order chi connectivity index (χ0) is 16.3. The summed E-state index contributed by atoms with van der Waals surface area (Å²) in [6.45, 7) is 0. The summed E-state index contributed by atoms with van der Waals surface area (Å²) in [5.41, 5.74) is 6.22. The number of nitrogen functional groups attached to an aromatic ring is 1. The maximum Gasteiger partial charge on any atom is 0.206 e. The van der Waals surface area contributed by atoms with E-state index in [2.05, 4.69) is 0 Å². The summed E-state index contributed by atoms with van der Waals surface area (Å²) in [5.74, 6) is 1.06. The van der Waals surface area contributed by atoms with E-state index in [9.17, 15) is 8.42 Å². The lowest BCUT2D eigenvalue weighted by molar-refractivity contribution is 0.484. The molecule has 0 radical (unpaired) electrons. The highest BCUT2D eigenvalue weighted by Crippen LogP contribution is 2.31. The molecule has 0 aromatic heterocycles. The molecule has 0 fully saturated rings. The van der Waals surface area contributed by atoms with Crippen LogP contribution in [0, 0.1) is 0 Å². The number of sulfone groups is 1. The van der Waals surface area contributed by atoms with Crippen molar-refractivity contribution in [2.45, 2.75) is 9.79 Å². The van der Waals surface area contributed by atoms with Gasteiger partial charge in [-0.05, 0) is 42.5 Å². The van der Waals surface area contributed by atoms with Crippen molar-refractivity contribution < 1.29 is 13.2 Å². The van der Waals surface area contributed by atoms with Gasteiger partial charge in [0.25, 0.3) is 0 Å². The second-order valence-corrected chi connectivity index (χ2v) is 6.88. The van der Waals surface area contributed by atoms with Crippen LogP contribution in [0.4, 0.5) is 5.69 Å². The van der Waals surface area contributed by atoms with Crippen molar-refractivity contribution in [2.75, 3.05) is 5.73 Å². The molecule has 0 amide bonds. The Morgan fingerprint density at radius 2 is 1.35 bits per heavy atom. The maximum atomic E-state index is 12.6. The van der Waals surface area contributed by atoms with Gasteiger partial charge in [0, 0.05) is 0 Å². The Morgan fingerprint density at radius 3 is 1.96 bits per heavy atom. The van der Waals surface area contributed by atoms with Crippen LogP contribution in [0.5, 0.6) is 11.5 Å². The van der Waals surface area contributed by atoms with Gasteiger partial charge in [-0.3, -0.25) is 0 Å². The third-order valence-electron chi connectivity index (χ3n) is 3.32. The predicted molar refractivity (Wildman–Crippen MR) is 89.3 cm³/mol. The van der Waals surface area contributed by atoms with Crippen molar-refractivity contribution in [2.24, 2.45) is 0 Å². The minimum Gasteiger partial charge on any atom is -0.455 e. The van der Waals surface area contributed by atoms with Crippen LogP contribution in [-0.2, 0) is 9.84 Å². The molecule has 0 atom stereocenters. The van der Waals surface area contributed by atoms with Gasteiger partial charge in [0.1, 0.15) is 11.5 Å². The number of benzene rings is 3. The van der Waals surface area contributed by atoms with Gasteiger partial charge in [-0.15, -0.1) is 0 Å². The Bertz CT molecular complexity index is 908. The second kappa shape index (κ2) is 6.14. The zero-order valence-corrected chi connectivity index (χ0v) is 13.0. The van der Waals surface area contributed by atoms with Crippen LogP contribution < -0.4 is 10.5 Å². The first-order chi connectivity index (χ1) is 11.1. The number of nitrogens with two attached hydrogens (primary N) is 1. The second-order valence-electron chi connectivity index (χ2n) is 4.93. The minimum atomic E-state index is -3.59. The summed E-state index contributed by atoms with van der Waals surface area (Å²) >= 11 is 0. The van der Waals surface area contributed by atoms with E-state index < -0.39 is 9.84 Å². The molecule has 2 N–H and O–H groups in total. The SMILES string of the molecule is Nc1cc(S(=O)(=O)c2ccccc2)ccc1Oc1ccccc1. The fraction of sp³-hybridized carbons (Fsp3) is 0. The van der Waals surface area contributed by atoms with E-state index in [0.29, 0.717) is 11.5 Å². The molecule has 0 bridgehead atoms. The van der Waals surface area contributed by atoms with E-state index in [1.54, 1.807) is 48.5 Å². The van der Waals surface area contributed by atoms with Crippen molar-refractivity contribution in [3.63, 3.8) is 0 Å². The van der Waals surface area contributed by atoms with Crippen molar-refractivity contribution in [3.05, 3.63) is 78.9 Å². The summed E-state index contributed by atoms with van der Waals surface area (Å²) in [5, 5.41) is 0. The number of anilines is 1. The molecule has 4 nitrogen and oxygen atoms in total. The minimum absolute atomic E-state index is 0.140. The molecule has 0 spiro atoms. The van der Waals surface area contributed by atoms with Gasteiger partial charge in [0.15, 0.2) is 0 Å². The van der Waals surface area contributed by atoms with Crippen molar-refractivity contribution in [3.8, 4) is 11.5 Å². The van der Waals surface area contributed by atoms with Gasteiger partial charge in [0.05, 0.1) is 15.5 Å². The topological polar surface area (TPSA) is 69.4 Å². The van der Waals surface area contributed by atoms with E-state index >= 15 is 0 Å². The third kappa shape index (κ3) is 3.19. The number of rotatable bonds is 4. The molecule has 116 valence electrons. The molecule has 3 aromatic carbocycles. The van der Waals surface area contributed by atoms with Crippen LogP contribution in [0.1, 0.15) is 0 Å². The maximum absolute atomic E-state index is 12.6. The highest BCUT2D eigenvalue weighted by atomic mass is 32.2. The Balaban J connectivity index is 1.94. The molecule has 3 rings (SSSR count). The average molecular weight is 325 g/mol. The normalized spacial score (nSPS) is 11.1. The number of ether oxygens (including phenoxy) is 1. The standard InChI is InChI=1S/C18H15NO3S/c19-17-13-16(23(20,21)15-9-5-2-6-10-15)11-12-18(17)22-14-7-3-1-4-8-14/h1-13H,19H2. The summed E-state index contributed by atoms with van der Waals surface area (Å²) in [7, 11) is -3.59. The molecule has 0 saturated carbocycles. The molecule has 0 unspecified atom stereocenters. The van der Waals surface area contributed by atoms with Crippen molar-refractivity contribution in [1.82, 2.24) is 0 Å². The molecule has 5 heteroatoms.